The third-order valence-electron chi connectivity index (χ3n) is 7.62. The van der Waals surface area contributed by atoms with E-state index in [2.05, 4.69) is 4.90 Å². The summed E-state index contributed by atoms with van der Waals surface area (Å²) in [7, 11) is -2.14. The summed E-state index contributed by atoms with van der Waals surface area (Å²) >= 11 is 1.49. The summed E-state index contributed by atoms with van der Waals surface area (Å²) in [5.41, 5.74) is 1.81. The predicted molar refractivity (Wildman–Crippen MR) is 160 cm³/mol. The molecule has 2 fully saturated rings. The summed E-state index contributed by atoms with van der Waals surface area (Å²) in [5.74, 6) is -0.169. The van der Waals surface area contributed by atoms with E-state index >= 15 is 0 Å². The molecule has 1 amide bonds. The van der Waals surface area contributed by atoms with Crippen molar-refractivity contribution < 1.29 is 27.1 Å². The van der Waals surface area contributed by atoms with Gasteiger partial charge in [0, 0.05) is 45.2 Å². The number of hydrogen-bond donors (Lipinski definition) is 0. The van der Waals surface area contributed by atoms with Gasteiger partial charge in [-0.1, -0.05) is 17.4 Å². The molecule has 0 saturated carbocycles. The minimum Gasteiger partial charge on any atom is -0.494 e. The standard InChI is InChI=1S/C28H35FN4O5S2.ClH/c1-20-4-9-24(37-2)25-26(20)39-28(30-25)33(13-3-12-31-16-18-38-19-17-31)27(34)21-10-14-32(15-11-21)40(35,36)23-7-5-22(29)6-8-23;/h4-9,21H,3,10-19H2,1-2H3;1H. The first-order chi connectivity index (χ1) is 19.3. The fraction of sp³-hybridized carbons (Fsp3) is 0.500. The Hall–Kier alpha value is -2.35. The molecule has 3 heterocycles. The Labute approximate surface area is 250 Å². The molecular formula is C28H36ClFN4O5S2. The Morgan fingerprint density at radius 3 is 2.46 bits per heavy atom. The molecule has 0 radical (unpaired) electrons. The predicted octanol–water partition coefficient (Wildman–Crippen LogP) is 4.33. The van der Waals surface area contributed by atoms with Gasteiger partial charge < -0.3 is 9.47 Å². The van der Waals surface area contributed by atoms with Crippen LogP contribution in [0, 0.1) is 18.7 Å². The van der Waals surface area contributed by atoms with Crippen LogP contribution in [0.15, 0.2) is 41.3 Å². The van der Waals surface area contributed by atoms with Crippen LogP contribution >= 0.6 is 23.7 Å². The Kier molecular flexibility index (Phi) is 10.6. The van der Waals surface area contributed by atoms with Crippen molar-refractivity contribution in [2.75, 3.05) is 64.5 Å². The van der Waals surface area contributed by atoms with E-state index in [0.717, 1.165) is 67.2 Å². The van der Waals surface area contributed by atoms with E-state index < -0.39 is 15.8 Å². The number of nitrogens with zero attached hydrogens (tertiary/aromatic N) is 4. The highest BCUT2D eigenvalue weighted by atomic mass is 35.5. The van der Waals surface area contributed by atoms with Gasteiger partial charge >= 0.3 is 0 Å². The first-order valence-corrected chi connectivity index (χ1v) is 15.8. The molecule has 13 heteroatoms. The summed E-state index contributed by atoms with van der Waals surface area (Å²) < 4.78 is 52.9. The van der Waals surface area contributed by atoms with Crippen LogP contribution in [0.3, 0.4) is 0 Å². The lowest BCUT2D eigenvalue weighted by Crippen LogP contribution is -2.45. The smallest absolute Gasteiger partial charge is 0.243 e. The number of amides is 1. The van der Waals surface area contributed by atoms with Crippen LogP contribution in [-0.2, 0) is 19.6 Å². The molecular weight excluding hydrogens is 591 g/mol. The number of methoxy groups -OCH3 is 1. The summed E-state index contributed by atoms with van der Waals surface area (Å²) in [6.07, 6.45) is 1.61. The van der Waals surface area contributed by atoms with E-state index in [9.17, 15) is 17.6 Å². The number of rotatable bonds is 9. The normalized spacial score (nSPS) is 17.3. The van der Waals surface area contributed by atoms with E-state index in [1.807, 2.05) is 19.1 Å². The average Bonchev–Trinajstić information content (AvgIpc) is 3.42. The molecule has 0 bridgehead atoms. The Bertz CT molecular complexity index is 1440. The van der Waals surface area contributed by atoms with Crippen LogP contribution in [0.25, 0.3) is 10.2 Å². The van der Waals surface area contributed by atoms with Gasteiger partial charge in [0.2, 0.25) is 15.9 Å². The number of aryl methyl sites for hydroxylation is 1. The maximum absolute atomic E-state index is 14.0. The Morgan fingerprint density at radius 1 is 1.12 bits per heavy atom. The van der Waals surface area contributed by atoms with Crippen LogP contribution in [0.4, 0.5) is 9.52 Å². The van der Waals surface area contributed by atoms with Gasteiger partial charge in [0.05, 0.1) is 29.9 Å². The number of carbonyl (C=O) groups excluding carboxylic acids is 1. The van der Waals surface area contributed by atoms with Crippen molar-refractivity contribution in [3.8, 4) is 5.75 Å². The number of aromatic nitrogens is 1. The lowest BCUT2D eigenvalue weighted by molar-refractivity contribution is -0.123. The molecule has 2 saturated heterocycles. The van der Waals surface area contributed by atoms with E-state index in [-0.39, 0.29) is 42.2 Å². The van der Waals surface area contributed by atoms with Crippen LogP contribution in [0.1, 0.15) is 24.8 Å². The van der Waals surface area contributed by atoms with Crippen molar-refractivity contribution in [2.45, 2.75) is 31.1 Å². The molecule has 2 aliphatic heterocycles. The first kappa shape index (κ1) is 31.6. The molecule has 41 heavy (non-hydrogen) atoms. The summed E-state index contributed by atoms with van der Waals surface area (Å²) in [6, 6.07) is 8.73. The topological polar surface area (TPSA) is 92.3 Å². The van der Waals surface area contributed by atoms with Crippen molar-refractivity contribution in [1.82, 2.24) is 14.2 Å². The minimum absolute atomic E-state index is 0. The molecule has 9 nitrogen and oxygen atoms in total. The summed E-state index contributed by atoms with van der Waals surface area (Å²) in [5, 5.41) is 0.635. The van der Waals surface area contributed by atoms with Crippen molar-refractivity contribution in [3.05, 3.63) is 47.8 Å². The zero-order chi connectivity index (χ0) is 28.3. The number of sulfonamides is 1. The van der Waals surface area contributed by atoms with Gasteiger partial charge in [-0.25, -0.2) is 17.8 Å². The molecule has 5 rings (SSSR count). The van der Waals surface area contributed by atoms with Crippen molar-refractivity contribution in [2.24, 2.45) is 5.92 Å². The lowest BCUT2D eigenvalue weighted by atomic mass is 9.96. The number of ether oxygens (including phenoxy) is 2. The molecule has 1 aromatic heterocycles. The number of piperidine rings is 1. The van der Waals surface area contributed by atoms with Crippen molar-refractivity contribution in [3.63, 3.8) is 0 Å². The number of fused-ring (bicyclic) bond motifs is 1. The Balaban J connectivity index is 0.00000387. The van der Waals surface area contributed by atoms with Gasteiger partial charge in [-0.05, 0) is 62.1 Å². The van der Waals surface area contributed by atoms with Gasteiger partial charge in [0.25, 0.3) is 0 Å². The largest absolute Gasteiger partial charge is 0.494 e. The SMILES string of the molecule is COc1ccc(C)c2sc(N(CCCN3CCOCC3)C(=O)C3CCN(S(=O)(=O)c4ccc(F)cc4)CC3)nc12.Cl. The second kappa shape index (κ2) is 13.7. The molecule has 0 N–H and O–H groups in total. The number of anilines is 1. The molecule has 3 aromatic rings. The van der Waals surface area contributed by atoms with E-state index in [1.165, 1.54) is 27.8 Å². The number of hydrogen-bond acceptors (Lipinski definition) is 8. The van der Waals surface area contributed by atoms with Crippen LogP contribution in [-0.4, -0.2) is 88.1 Å². The molecule has 0 atom stereocenters. The highest BCUT2D eigenvalue weighted by Gasteiger charge is 2.35. The Morgan fingerprint density at radius 2 is 1.80 bits per heavy atom. The van der Waals surface area contributed by atoms with Crippen LogP contribution in [0.2, 0.25) is 0 Å². The number of halogens is 2. The van der Waals surface area contributed by atoms with Crippen LogP contribution in [0.5, 0.6) is 5.75 Å². The van der Waals surface area contributed by atoms with Gasteiger partial charge in [0.15, 0.2) is 5.13 Å². The third-order valence-corrected chi connectivity index (χ3v) is 10.7. The molecule has 0 spiro atoms. The second-order valence-electron chi connectivity index (χ2n) is 10.2. The molecule has 224 valence electrons. The quantitative estimate of drug-likeness (QED) is 0.349. The number of morpholine rings is 1. The molecule has 0 aliphatic carbocycles. The van der Waals surface area contributed by atoms with Gasteiger partial charge in [-0.15, -0.1) is 12.4 Å². The molecule has 2 aromatic carbocycles. The highest BCUT2D eigenvalue weighted by Crippen LogP contribution is 2.37. The zero-order valence-corrected chi connectivity index (χ0v) is 25.7. The highest BCUT2D eigenvalue weighted by molar-refractivity contribution is 7.89. The second-order valence-corrected chi connectivity index (χ2v) is 13.1. The number of thiazole rings is 1. The van der Waals surface area contributed by atoms with Gasteiger partial charge in [-0.3, -0.25) is 14.6 Å². The lowest BCUT2D eigenvalue weighted by Gasteiger charge is -2.33. The fourth-order valence-electron chi connectivity index (χ4n) is 5.28. The average molecular weight is 627 g/mol. The van der Waals surface area contributed by atoms with Gasteiger partial charge in [-0.2, -0.15) is 4.31 Å². The van der Waals surface area contributed by atoms with E-state index in [1.54, 1.807) is 12.0 Å². The monoisotopic (exact) mass is 626 g/mol. The molecule has 2 aliphatic rings. The third kappa shape index (κ3) is 7.00. The number of benzene rings is 2. The summed E-state index contributed by atoms with van der Waals surface area (Å²) in [4.78, 5) is 23.0. The fourth-order valence-corrected chi connectivity index (χ4v) is 7.83. The maximum Gasteiger partial charge on any atom is 0.243 e. The van der Waals surface area contributed by atoms with Crippen LogP contribution < -0.4 is 9.64 Å². The van der Waals surface area contributed by atoms with E-state index in [0.29, 0.717) is 30.3 Å². The molecule has 0 unspecified atom stereocenters. The zero-order valence-electron chi connectivity index (χ0n) is 23.3. The van der Waals surface area contributed by atoms with Crippen molar-refractivity contribution >= 4 is 55.0 Å². The van der Waals surface area contributed by atoms with E-state index in [4.69, 9.17) is 14.5 Å². The minimum atomic E-state index is -3.75. The first-order valence-electron chi connectivity index (χ1n) is 13.6. The maximum atomic E-state index is 14.0. The van der Waals surface area contributed by atoms with Crippen molar-refractivity contribution in [1.29, 1.82) is 0 Å². The van der Waals surface area contributed by atoms with Gasteiger partial charge in [0.1, 0.15) is 17.1 Å². The number of carbonyl (C=O) groups is 1. The summed E-state index contributed by atoms with van der Waals surface area (Å²) in [6.45, 7) is 7.05.